The summed E-state index contributed by atoms with van der Waals surface area (Å²) < 4.78 is 4.94. The third-order valence-electron chi connectivity index (χ3n) is 3.38. The molecular formula is C17H23N3O4. The Morgan fingerprint density at radius 1 is 1.29 bits per heavy atom. The number of nitriles is 1. The van der Waals surface area contributed by atoms with Gasteiger partial charge in [-0.2, -0.15) is 5.26 Å². The van der Waals surface area contributed by atoms with Gasteiger partial charge in [0.25, 0.3) is 11.5 Å². The van der Waals surface area contributed by atoms with Gasteiger partial charge in [-0.15, -0.1) is 0 Å². The van der Waals surface area contributed by atoms with Crippen LogP contribution in [0.2, 0.25) is 0 Å². The number of H-pyrrole nitrogens is 1. The molecule has 1 aromatic heterocycles. The molecule has 7 nitrogen and oxygen atoms in total. The summed E-state index contributed by atoms with van der Waals surface area (Å²) in [5.41, 5.74) is 1.15. The molecule has 1 aromatic rings. The minimum Gasteiger partial charge on any atom is -0.456 e. The van der Waals surface area contributed by atoms with Crippen molar-refractivity contribution in [3.8, 4) is 6.07 Å². The first kappa shape index (κ1) is 19.4. The van der Waals surface area contributed by atoms with Crippen LogP contribution in [0.5, 0.6) is 0 Å². The fourth-order valence-electron chi connectivity index (χ4n) is 2.32. The summed E-state index contributed by atoms with van der Waals surface area (Å²) in [6, 6.07) is 1.87. The topological polar surface area (TPSA) is 112 Å². The number of aryl methyl sites for hydroxylation is 1. The lowest BCUT2D eigenvalue weighted by Gasteiger charge is -2.20. The van der Waals surface area contributed by atoms with Gasteiger partial charge >= 0.3 is 5.97 Å². The van der Waals surface area contributed by atoms with Crippen LogP contribution in [-0.4, -0.2) is 29.0 Å². The van der Waals surface area contributed by atoms with E-state index in [2.05, 4.69) is 10.3 Å². The Kier molecular flexibility index (Phi) is 6.29. The number of nitrogens with zero attached hydrogens (tertiary/aromatic N) is 1. The van der Waals surface area contributed by atoms with Crippen LogP contribution in [0.25, 0.3) is 0 Å². The van der Waals surface area contributed by atoms with E-state index < -0.39 is 11.5 Å². The first-order valence-corrected chi connectivity index (χ1v) is 7.64. The molecule has 0 radical (unpaired) electrons. The van der Waals surface area contributed by atoms with Crippen LogP contribution in [0.1, 0.15) is 49.6 Å². The Labute approximate surface area is 141 Å². The lowest BCUT2D eigenvalue weighted by Crippen LogP contribution is -2.42. The number of carbonyl (C=O) groups is 2. The summed E-state index contributed by atoms with van der Waals surface area (Å²) in [5.74, 6) is -0.874. The number of rotatable bonds is 5. The standard InChI is InChI=1S/C17H23N3O4/c1-10-12(11(2)19-16(23)13(10)8-18)6-7-15(22)24-9-14(21)20-17(3,4)5/h6-7,9H2,1-5H3,(H,19,23)(H,20,21). The molecule has 0 saturated carbocycles. The van der Waals surface area contributed by atoms with Crippen LogP contribution in [0, 0.1) is 25.2 Å². The molecule has 0 atom stereocenters. The number of aromatic amines is 1. The molecule has 1 rings (SSSR count). The highest BCUT2D eigenvalue weighted by molar-refractivity contribution is 5.81. The summed E-state index contributed by atoms with van der Waals surface area (Å²) in [6.07, 6.45) is 0.379. The number of esters is 1. The average Bonchev–Trinajstić information content (AvgIpc) is 2.43. The van der Waals surface area contributed by atoms with Crippen molar-refractivity contribution in [3.63, 3.8) is 0 Å². The molecular weight excluding hydrogens is 310 g/mol. The second-order valence-corrected chi connectivity index (χ2v) is 6.63. The van der Waals surface area contributed by atoms with E-state index in [1.165, 1.54) is 0 Å². The van der Waals surface area contributed by atoms with E-state index in [9.17, 15) is 14.4 Å². The van der Waals surface area contributed by atoms with E-state index >= 15 is 0 Å². The molecule has 0 saturated heterocycles. The molecule has 1 amide bonds. The minimum absolute atomic E-state index is 0.0496. The van der Waals surface area contributed by atoms with Crippen molar-refractivity contribution < 1.29 is 14.3 Å². The van der Waals surface area contributed by atoms with Gasteiger partial charge in [-0.1, -0.05) is 0 Å². The first-order valence-electron chi connectivity index (χ1n) is 7.64. The maximum absolute atomic E-state index is 11.8. The molecule has 7 heteroatoms. The Morgan fingerprint density at radius 2 is 1.92 bits per heavy atom. The Balaban J connectivity index is 2.65. The number of pyridine rings is 1. The van der Waals surface area contributed by atoms with Gasteiger partial charge in [-0.05, 0) is 52.2 Å². The van der Waals surface area contributed by atoms with Crippen molar-refractivity contribution in [1.29, 1.82) is 5.26 Å². The van der Waals surface area contributed by atoms with Crippen molar-refractivity contribution in [2.24, 2.45) is 0 Å². The van der Waals surface area contributed by atoms with Crippen LogP contribution in [-0.2, 0) is 20.7 Å². The van der Waals surface area contributed by atoms with Gasteiger partial charge in [0.15, 0.2) is 6.61 Å². The molecule has 0 unspecified atom stereocenters. The van der Waals surface area contributed by atoms with Gasteiger partial charge in [-0.25, -0.2) is 0 Å². The fraction of sp³-hybridized carbons (Fsp3) is 0.529. The fourth-order valence-corrected chi connectivity index (χ4v) is 2.32. The third-order valence-corrected chi connectivity index (χ3v) is 3.38. The Bertz CT molecular complexity index is 736. The van der Waals surface area contributed by atoms with E-state index in [0.29, 0.717) is 17.7 Å². The molecule has 2 N–H and O–H groups in total. The van der Waals surface area contributed by atoms with Crippen molar-refractivity contribution in [2.45, 2.75) is 53.0 Å². The molecule has 0 fully saturated rings. The highest BCUT2D eigenvalue weighted by Crippen LogP contribution is 2.15. The van der Waals surface area contributed by atoms with Crippen molar-refractivity contribution >= 4 is 11.9 Å². The average molecular weight is 333 g/mol. The normalized spacial score (nSPS) is 10.8. The lowest BCUT2D eigenvalue weighted by atomic mass is 9.99. The van der Waals surface area contributed by atoms with Gasteiger partial charge in [0.05, 0.1) is 0 Å². The molecule has 24 heavy (non-hydrogen) atoms. The van der Waals surface area contributed by atoms with Crippen molar-refractivity contribution in [2.75, 3.05) is 6.61 Å². The van der Waals surface area contributed by atoms with E-state index in [1.54, 1.807) is 13.8 Å². The number of hydrogen-bond acceptors (Lipinski definition) is 5. The quantitative estimate of drug-likeness (QED) is 0.788. The maximum Gasteiger partial charge on any atom is 0.306 e. The number of amides is 1. The minimum atomic E-state index is -0.512. The predicted octanol–water partition coefficient (Wildman–Crippen LogP) is 1.25. The highest BCUT2D eigenvalue weighted by Gasteiger charge is 2.16. The van der Waals surface area contributed by atoms with Gasteiger partial charge in [-0.3, -0.25) is 14.4 Å². The van der Waals surface area contributed by atoms with Crippen LogP contribution in [0.15, 0.2) is 4.79 Å². The number of carbonyl (C=O) groups excluding carboxylic acids is 2. The van der Waals surface area contributed by atoms with Crippen molar-refractivity contribution in [3.05, 3.63) is 32.7 Å². The number of nitrogens with one attached hydrogen (secondary N) is 2. The molecule has 0 aliphatic heterocycles. The second-order valence-electron chi connectivity index (χ2n) is 6.63. The molecule has 0 aromatic carbocycles. The van der Waals surface area contributed by atoms with E-state index in [1.807, 2.05) is 26.8 Å². The maximum atomic E-state index is 11.8. The molecule has 0 bridgehead atoms. The van der Waals surface area contributed by atoms with E-state index in [-0.39, 0.29) is 30.0 Å². The lowest BCUT2D eigenvalue weighted by molar-refractivity contribution is -0.148. The zero-order chi connectivity index (χ0) is 18.5. The number of ether oxygens (including phenoxy) is 1. The van der Waals surface area contributed by atoms with Crippen LogP contribution < -0.4 is 10.9 Å². The molecule has 0 aliphatic carbocycles. The molecule has 0 aliphatic rings. The molecule has 1 heterocycles. The van der Waals surface area contributed by atoms with Crippen LogP contribution >= 0.6 is 0 Å². The van der Waals surface area contributed by atoms with E-state index in [4.69, 9.17) is 10.00 Å². The summed E-state index contributed by atoms with van der Waals surface area (Å²) in [4.78, 5) is 37.7. The summed E-state index contributed by atoms with van der Waals surface area (Å²) in [5, 5.41) is 11.7. The summed E-state index contributed by atoms with van der Waals surface area (Å²) >= 11 is 0. The first-order chi connectivity index (χ1) is 11.0. The summed E-state index contributed by atoms with van der Waals surface area (Å²) in [6.45, 7) is 8.57. The van der Waals surface area contributed by atoms with Crippen molar-refractivity contribution in [1.82, 2.24) is 10.3 Å². The number of aromatic nitrogens is 1. The summed E-state index contributed by atoms with van der Waals surface area (Å²) in [7, 11) is 0. The van der Waals surface area contributed by atoms with Gasteiger partial charge in [0.1, 0.15) is 11.6 Å². The van der Waals surface area contributed by atoms with Gasteiger partial charge in [0, 0.05) is 17.7 Å². The number of hydrogen-bond donors (Lipinski definition) is 2. The SMILES string of the molecule is Cc1[nH]c(=O)c(C#N)c(C)c1CCC(=O)OCC(=O)NC(C)(C)C. The largest absolute Gasteiger partial charge is 0.456 e. The van der Waals surface area contributed by atoms with Crippen LogP contribution in [0.4, 0.5) is 0 Å². The highest BCUT2D eigenvalue weighted by atomic mass is 16.5. The Morgan fingerprint density at radius 3 is 2.46 bits per heavy atom. The second kappa shape index (κ2) is 7.77. The smallest absolute Gasteiger partial charge is 0.306 e. The molecule has 0 spiro atoms. The van der Waals surface area contributed by atoms with Gasteiger partial charge in [0.2, 0.25) is 0 Å². The third kappa shape index (κ3) is 5.54. The zero-order valence-corrected chi connectivity index (χ0v) is 14.7. The van der Waals surface area contributed by atoms with Crippen LogP contribution in [0.3, 0.4) is 0 Å². The monoisotopic (exact) mass is 333 g/mol. The van der Waals surface area contributed by atoms with E-state index in [0.717, 1.165) is 5.56 Å². The molecule has 130 valence electrons. The predicted molar refractivity (Wildman–Crippen MR) is 88.4 cm³/mol. The zero-order valence-electron chi connectivity index (χ0n) is 14.7. The van der Waals surface area contributed by atoms with Gasteiger partial charge < -0.3 is 15.0 Å². The Hall–Kier alpha value is -2.62.